The van der Waals surface area contributed by atoms with Gasteiger partial charge < -0.3 is 9.15 Å². The fourth-order valence-electron chi connectivity index (χ4n) is 2.64. The molecule has 0 N–H and O–H groups in total. The molecular formula is C19H20BrN3O4S. The molecule has 0 saturated carbocycles. The first kappa shape index (κ1) is 20.5. The summed E-state index contributed by atoms with van der Waals surface area (Å²) in [6.07, 6.45) is 0. The molecule has 0 fully saturated rings. The summed E-state index contributed by atoms with van der Waals surface area (Å²) in [5, 5.41) is 8.04. The molecule has 0 amide bonds. The Hall–Kier alpha value is -2.23. The Morgan fingerprint density at radius 1 is 1.14 bits per heavy atom. The van der Waals surface area contributed by atoms with E-state index in [1.165, 1.54) is 23.5 Å². The van der Waals surface area contributed by atoms with E-state index in [0.29, 0.717) is 16.1 Å². The highest BCUT2D eigenvalue weighted by Gasteiger charge is 2.29. The second-order valence-corrected chi connectivity index (χ2v) is 9.05. The molecule has 0 aliphatic rings. The molecule has 0 aliphatic heterocycles. The van der Waals surface area contributed by atoms with Crippen molar-refractivity contribution in [3.05, 3.63) is 58.9 Å². The number of sulfonamides is 1. The highest BCUT2D eigenvalue weighted by atomic mass is 79.9. The predicted molar refractivity (Wildman–Crippen MR) is 108 cm³/mol. The van der Waals surface area contributed by atoms with Gasteiger partial charge in [-0.3, -0.25) is 0 Å². The minimum Gasteiger partial charge on any atom is -0.496 e. The van der Waals surface area contributed by atoms with Gasteiger partial charge in [-0.1, -0.05) is 18.2 Å². The molecule has 0 radical (unpaired) electrons. The number of halogens is 1. The molecule has 3 rings (SSSR count). The van der Waals surface area contributed by atoms with E-state index in [9.17, 15) is 8.42 Å². The molecule has 3 aromatic rings. The van der Waals surface area contributed by atoms with Crippen molar-refractivity contribution in [2.24, 2.45) is 0 Å². The van der Waals surface area contributed by atoms with E-state index in [-0.39, 0.29) is 23.4 Å². The van der Waals surface area contributed by atoms with E-state index in [2.05, 4.69) is 26.1 Å². The smallest absolute Gasteiger partial charge is 0.247 e. The molecule has 1 aromatic heterocycles. The summed E-state index contributed by atoms with van der Waals surface area (Å²) in [6, 6.07) is 13.7. The maximum atomic E-state index is 13.2. The molecular weight excluding hydrogens is 446 g/mol. The van der Waals surface area contributed by atoms with Gasteiger partial charge in [-0.25, -0.2) is 8.42 Å². The molecule has 2 aromatic carbocycles. The van der Waals surface area contributed by atoms with E-state index in [1.807, 2.05) is 30.3 Å². The van der Waals surface area contributed by atoms with Gasteiger partial charge >= 0.3 is 0 Å². The lowest BCUT2D eigenvalue weighted by Crippen LogP contribution is -2.36. The molecule has 0 saturated heterocycles. The van der Waals surface area contributed by atoms with Crippen LogP contribution in [0.25, 0.3) is 11.5 Å². The zero-order valence-electron chi connectivity index (χ0n) is 15.7. The number of methoxy groups -OCH3 is 1. The van der Waals surface area contributed by atoms with Gasteiger partial charge in [0, 0.05) is 11.6 Å². The molecule has 28 heavy (non-hydrogen) atoms. The molecule has 0 aliphatic carbocycles. The Morgan fingerprint density at radius 2 is 1.86 bits per heavy atom. The molecule has 0 atom stereocenters. The third-order valence-corrected chi connectivity index (χ3v) is 6.72. The van der Waals surface area contributed by atoms with Crippen LogP contribution in [0.4, 0.5) is 0 Å². The summed E-state index contributed by atoms with van der Waals surface area (Å²) in [7, 11) is -2.26. The molecule has 1 heterocycles. The third-order valence-electron chi connectivity index (χ3n) is 4.08. The van der Waals surface area contributed by atoms with E-state index in [0.717, 1.165) is 5.56 Å². The number of rotatable bonds is 7. The highest BCUT2D eigenvalue weighted by Crippen LogP contribution is 2.30. The van der Waals surface area contributed by atoms with Crippen molar-refractivity contribution >= 4 is 26.0 Å². The fraction of sp³-hybridized carbons (Fsp3) is 0.263. The number of hydrogen-bond acceptors (Lipinski definition) is 6. The van der Waals surface area contributed by atoms with Crippen LogP contribution in [0.15, 0.2) is 62.3 Å². The average Bonchev–Trinajstić information content (AvgIpc) is 3.15. The first-order valence-electron chi connectivity index (χ1n) is 8.56. The summed E-state index contributed by atoms with van der Waals surface area (Å²) in [4.78, 5) is 0.150. The van der Waals surface area contributed by atoms with Crippen molar-refractivity contribution in [2.75, 3.05) is 7.11 Å². The van der Waals surface area contributed by atoms with Crippen LogP contribution in [0.3, 0.4) is 0 Å². The van der Waals surface area contributed by atoms with Crippen LogP contribution in [-0.4, -0.2) is 36.1 Å². The maximum Gasteiger partial charge on any atom is 0.247 e. The summed E-state index contributed by atoms with van der Waals surface area (Å²) in [6.45, 7) is 3.57. The minimum atomic E-state index is -3.78. The standard InChI is InChI=1S/C19H20BrN3O4S/c1-13(2)23(28(24,25)15-9-10-17(26-3)16(20)11-15)12-18-21-22-19(27-18)14-7-5-4-6-8-14/h4-11,13H,12H2,1-3H3. The highest BCUT2D eigenvalue weighted by molar-refractivity contribution is 9.10. The van der Waals surface area contributed by atoms with Crippen molar-refractivity contribution in [2.45, 2.75) is 31.3 Å². The van der Waals surface area contributed by atoms with E-state index < -0.39 is 10.0 Å². The summed E-state index contributed by atoms with van der Waals surface area (Å²) < 4.78 is 39.1. The zero-order chi connectivity index (χ0) is 20.3. The topological polar surface area (TPSA) is 85.5 Å². The van der Waals surface area contributed by atoms with Gasteiger partial charge in [0.2, 0.25) is 21.8 Å². The number of hydrogen-bond donors (Lipinski definition) is 0. The number of aromatic nitrogens is 2. The average molecular weight is 466 g/mol. The lowest BCUT2D eigenvalue weighted by Gasteiger charge is -2.24. The second kappa shape index (κ2) is 8.42. The van der Waals surface area contributed by atoms with E-state index in [1.54, 1.807) is 19.9 Å². The lowest BCUT2D eigenvalue weighted by atomic mass is 10.2. The fourth-order valence-corrected chi connectivity index (χ4v) is 4.94. The molecule has 0 unspecified atom stereocenters. The van der Waals surface area contributed by atoms with Crippen LogP contribution in [-0.2, 0) is 16.6 Å². The van der Waals surface area contributed by atoms with Gasteiger partial charge in [0.1, 0.15) is 5.75 Å². The molecule has 0 spiro atoms. The van der Waals surface area contributed by atoms with E-state index >= 15 is 0 Å². The normalized spacial score (nSPS) is 11.9. The van der Waals surface area contributed by atoms with Crippen molar-refractivity contribution in [3.8, 4) is 17.2 Å². The summed E-state index contributed by atoms with van der Waals surface area (Å²) in [5.74, 6) is 1.13. The minimum absolute atomic E-state index is 0.0243. The zero-order valence-corrected chi connectivity index (χ0v) is 18.1. The maximum absolute atomic E-state index is 13.2. The van der Waals surface area contributed by atoms with E-state index in [4.69, 9.17) is 9.15 Å². The number of nitrogens with zero attached hydrogens (tertiary/aromatic N) is 3. The lowest BCUT2D eigenvalue weighted by molar-refractivity contribution is 0.313. The van der Waals surface area contributed by atoms with Crippen LogP contribution in [0.5, 0.6) is 5.75 Å². The van der Waals surface area contributed by atoms with Gasteiger partial charge in [-0.15, -0.1) is 10.2 Å². The predicted octanol–water partition coefficient (Wildman–Crippen LogP) is 4.11. The van der Waals surface area contributed by atoms with Crippen LogP contribution >= 0.6 is 15.9 Å². The Kier molecular flexibility index (Phi) is 6.17. The molecule has 148 valence electrons. The number of ether oxygens (including phenoxy) is 1. The molecule has 7 nitrogen and oxygen atoms in total. The Labute approximate surface area is 172 Å². The van der Waals surface area contributed by atoms with Crippen molar-refractivity contribution in [1.29, 1.82) is 0 Å². The third kappa shape index (κ3) is 4.26. The first-order valence-corrected chi connectivity index (χ1v) is 10.8. The summed E-state index contributed by atoms with van der Waals surface area (Å²) >= 11 is 3.33. The van der Waals surface area contributed by atoms with Crippen LogP contribution in [0.1, 0.15) is 19.7 Å². The molecule has 0 bridgehead atoms. The monoisotopic (exact) mass is 465 g/mol. The Bertz CT molecular complexity index is 1050. The second-order valence-electron chi connectivity index (χ2n) is 6.31. The van der Waals surface area contributed by atoms with Crippen molar-refractivity contribution in [1.82, 2.24) is 14.5 Å². The largest absolute Gasteiger partial charge is 0.496 e. The Balaban J connectivity index is 1.89. The number of benzene rings is 2. The van der Waals surface area contributed by atoms with Crippen molar-refractivity contribution in [3.63, 3.8) is 0 Å². The quantitative estimate of drug-likeness (QED) is 0.521. The Morgan fingerprint density at radius 3 is 2.46 bits per heavy atom. The van der Waals surface area contributed by atoms with Gasteiger partial charge in [0.15, 0.2) is 0 Å². The van der Waals surface area contributed by atoms with Crippen LogP contribution in [0, 0.1) is 0 Å². The van der Waals surface area contributed by atoms with Gasteiger partial charge in [-0.05, 0) is 60.1 Å². The van der Waals surface area contributed by atoms with Gasteiger partial charge in [0.25, 0.3) is 0 Å². The van der Waals surface area contributed by atoms with Crippen LogP contribution in [0.2, 0.25) is 0 Å². The van der Waals surface area contributed by atoms with Gasteiger partial charge in [0.05, 0.1) is 23.0 Å². The SMILES string of the molecule is COc1ccc(S(=O)(=O)N(Cc2nnc(-c3ccccc3)o2)C(C)C)cc1Br. The van der Waals surface area contributed by atoms with Gasteiger partial charge in [-0.2, -0.15) is 4.31 Å². The molecule has 9 heteroatoms. The first-order chi connectivity index (χ1) is 13.3. The van der Waals surface area contributed by atoms with Crippen LogP contribution < -0.4 is 4.74 Å². The van der Waals surface area contributed by atoms with Crippen molar-refractivity contribution < 1.29 is 17.6 Å². The summed E-state index contributed by atoms with van der Waals surface area (Å²) in [5.41, 5.74) is 0.777.